The molecular weight excluding hydrogens is 264 g/mol. The molecule has 0 saturated heterocycles. The van der Waals surface area contributed by atoms with Gasteiger partial charge < -0.3 is 5.73 Å². The average molecular weight is 278 g/mol. The smallest absolute Gasteiger partial charge is 0.279 e. The Bertz CT molecular complexity index is 668. The number of aryl methyl sites for hydroxylation is 1. The van der Waals surface area contributed by atoms with Gasteiger partial charge in [-0.1, -0.05) is 6.07 Å². The second kappa shape index (κ2) is 5.33. The Morgan fingerprint density at radius 3 is 2.63 bits per heavy atom. The molecule has 0 atom stereocenters. The molecule has 0 bridgehead atoms. The Kier molecular flexibility index (Phi) is 3.77. The van der Waals surface area contributed by atoms with Crippen LogP contribution in [0.25, 0.3) is 0 Å². The van der Waals surface area contributed by atoms with Crippen LogP contribution in [0.4, 0.5) is 5.69 Å². The van der Waals surface area contributed by atoms with Crippen LogP contribution in [-0.2, 0) is 16.6 Å². The van der Waals surface area contributed by atoms with Gasteiger partial charge in [0.25, 0.3) is 10.0 Å². The van der Waals surface area contributed by atoms with E-state index >= 15 is 0 Å². The van der Waals surface area contributed by atoms with Crippen LogP contribution in [0, 0.1) is 6.92 Å². The fraction of sp³-hybridized carbons (Fsp3) is 0.167. The monoisotopic (exact) mass is 278 g/mol. The van der Waals surface area contributed by atoms with Crippen LogP contribution in [0.1, 0.15) is 11.1 Å². The van der Waals surface area contributed by atoms with Gasteiger partial charge >= 0.3 is 0 Å². The highest BCUT2D eigenvalue weighted by atomic mass is 32.2. The summed E-state index contributed by atoms with van der Waals surface area (Å²) < 4.78 is 26.7. The van der Waals surface area contributed by atoms with Gasteiger partial charge in [0.15, 0.2) is 5.03 Å². The lowest BCUT2D eigenvalue weighted by Crippen LogP contribution is -2.15. The van der Waals surface area contributed by atoms with E-state index in [2.05, 4.69) is 14.7 Å². The third-order valence-electron chi connectivity index (χ3n) is 2.59. The van der Waals surface area contributed by atoms with Crippen molar-refractivity contribution in [3.63, 3.8) is 0 Å². The summed E-state index contributed by atoms with van der Waals surface area (Å²) >= 11 is 0. The molecule has 0 unspecified atom stereocenters. The summed E-state index contributed by atoms with van der Waals surface area (Å²) in [6.07, 6.45) is 4.51. The van der Waals surface area contributed by atoms with E-state index in [1.165, 1.54) is 18.5 Å². The van der Waals surface area contributed by atoms with E-state index in [1.807, 2.05) is 0 Å². The first-order valence-electron chi connectivity index (χ1n) is 5.61. The number of nitrogens with zero attached hydrogens (tertiary/aromatic N) is 2. The van der Waals surface area contributed by atoms with E-state index in [0.717, 1.165) is 11.1 Å². The molecular formula is C12H14N4O2S. The van der Waals surface area contributed by atoms with E-state index < -0.39 is 10.0 Å². The van der Waals surface area contributed by atoms with Crippen LogP contribution < -0.4 is 10.5 Å². The largest absolute Gasteiger partial charge is 0.326 e. The molecule has 7 heteroatoms. The van der Waals surface area contributed by atoms with Crippen molar-refractivity contribution >= 4 is 15.7 Å². The van der Waals surface area contributed by atoms with Gasteiger partial charge in [-0.05, 0) is 30.2 Å². The van der Waals surface area contributed by atoms with E-state index in [-0.39, 0.29) is 5.03 Å². The second-order valence-electron chi connectivity index (χ2n) is 4.00. The maximum absolute atomic E-state index is 12.1. The zero-order valence-corrected chi connectivity index (χ0v) is 11.2. The van der Waals surface area contributed by atoms with Crippen LogP contribution in [0.3, 0.4) is 0 Å². The summed E-state index contributed by atoms with van der Waals surface area (Å²) in [5.41, 5.74) is 7.44. The first-order chi connectivity index (χ1) is 9.03. The summed E-state index contributed by atoms with van der Waals surface area (Å²) in [6.45, 7) is 2.12. The number of sulfonamides is 1. The van der Waals surface area contributed by atoms with E-state index in [4.69, 9.17) is 5.73 Å². The van der Waals surface area contributed by atoms with Crippen LogP contribution in [0.5, 0.6) is 0 Å². The normalized spacial score (nSPS) is 11.3. The topological polar surface area (TPSA) is 98.0 Å². The fourth-order valence-electron chi connectivity index (χ4n) is 1.46. The molecule has 0 spiro atoms. The summed E-state index contributed by atoms with van der Waals surface area (Å²) in [6, 6.07) is 4.79. The quantitative estimate of drug-likeness (QED) is 0.871. The first kappa shape index (κ1) is 13.4. The molecule has 0 radical (unpaired) electrons. The van der Waals surface area contributed by atoms with Gasteiger partial charge in [0.1, 0.15) is 0 Å². The molecule has 0 fully saturated rings. The van der Waals surface area contributed by atoms with Gasteiger partial charge in [-0.3, -0.25) is 9.71 Å². The van der Waals surface area contributed by atoms with Gasteiger partial charge in [-0.15, -0.1) is 0 Å². The molecule has 2 aromatic heterocycles. The van der Waals surface area contributed by atoms with Crippen LogP contribution in [0.15, 0.2) is 41.8 Å². The summed E-state index contributed by atoms with van der Waals surface area (Å²) in [5, 5.41) is -0.0482. The van der Waals surface area contributed by atoms with Crippen molar-refractivity contribution in [3.8, 4) is 0 Å². The summed E-state index contributed by atoms with van der Waals surface area (Å²) in [4.78, 5) is 7.78. The SMILES string of the molecule is Cc1ccncc1NS(=O)(=O)c1ccc(CN)cn1. The van der Waals surface area contributed by atoms with E-state index in [1.54, 1.807) is 25.3 Å². The highest BCUT2D eigenvalue weighted by molar-refractivity contribution is 7.92. The van der Waals surface area contributed by atoms with Gasteiger partial charge in [0, 0.05) is 18.9 Å². The van der Waals surface area contributed by atoms with Crippen LogP contribution in [0.2, 0.25) is 0 Å². The third-order valence-corrected chi connectivity index (χ3v) is 3.87. The highest BCUT2D eigenvalue weighted by Crippen LogP contribution is 2.17. The van der Waals surface area contributed by atoms with Crippen LogP contribution in [-0.4, -0.2) is 18.4 Å². The lowest BCUT2D eigenvalue weighted by molar-refractivity contribution is 0.597. The number of nitrogens with two attached hydrogens (primary N) is 1. The first-order valence-corrected chi connectivity index (χ1v) is 7.09. The van der Waals surface area contributed by atoms with Crippen molar-refractivity contribution in [2.45, 2.75) is 18.5 Å². The Hall–Kier alpha value is -1.99. The molecule has 0 aliphatic rings. The molecule has 0 aliphatic heterocycles. The number of hydrogen-bond acceptors (Lipinski definition) is 5. The Morgan fingerprint density at radius 1 is 1.26 bits per heavy atom. The maximum Gasteiger partial charge on any atom is 0.279 e. The number of pyridine rings is 2. The lowest BCUT2D eigenvalue weighted by Gasteiger charge is -2.09. The van der Waals surface area contributed by atoms with Crippen molar-refractivity contribution in [2.24, 2.45) is 5.73 Å². The second-order valence-corrected chi connectivity index (χ2v) is 5.63. The molecule has 2 heterocycles. The Labute approximate surface area is 111 Å². The van der Waals surface area contributed by atoms with Crippen LogP contribution >= 0.6 is 0 Å². The third kappa shape index (κ3) is 3.07. The van der Waals surface area contributed by atoms with Crippen molar-refractivity contribution in [3.05, 3.63) is 47.9 Å². The minimum absolute atomic E-state index is 0.0482. The van der Waals surface area contributed by atoms with Gasteiger partial charge in [0.2, 0.25) is 0 Å². The number of rotatable bonds is 4. The molecule has 2 rings (SSSR count). The number of hydrogen-bond donors (Lipinski definition) is 2. The average Bonchev–Trinajstić information content (AvgIpc) is 2.41. The molecule has 2 aromatic rings. The Morgan fingerprint density at radius 2 is 2.05 bits per heavy atom. The minimum atomic E-state index is -3.70. The molecule has 6 nitrogen and oxygen atoms in total. The highest BCUT2D eigenvalue weighted by Gasteiger charge is 2.16. The van der Waals surface area contributed by atoms with Crippen molar-refractivity contribution in [1.82, 2.24) is 9.97 Å². The van der Waals surface area contributed by atoms with Crippen molar-refractivity contribution < 1.29 is 8.42 Å². The standard InChI is InChI=1S/C12H14N4O2S/c1-9-4-5-14-8-11(9)16-19(17,18)12-3-2-10(6-13)7-15-12/h2-5,7-8,16H,6,13H2,1H3. The predicted octanol–water partition coefficient (Wildman–Crippen LogP) is 1.04. The molecule has 3 N–H and O–H groups in total. The fourth-order valence-corrected chi connectivity index (χ4v) is 2.50. The Balaban J connectivity index is 2.30. The van der Waals surface area contributed by atoms with Gasteiger partial charge in [-0.25, -0.2) is 4.98 Å². The van der Waals surface area contributed by atoms with Crippen molar-refractivity contribution in [2.75, 3.05) is 4.72 Å². The molecule has 0 amide bonds. The number of nitrogens with one attached hydrogen (secondary N) is 1. The van der Waals surface area contributed by atoms with E-state index in [0.29, 0.717) is 12.2 Å². The number of aromatic nitrogens is 2. The van der Waals surface area contributed by atoms with Gasteiger partial charge in [-0.2, -0.15) is 8.42 Å². The molecule has 100 valence electrons. The molecule has 0 saturated carbocycles. The van der Waals surface area contributed by atoms with E-state index in [9.17, 15) is 8.42 Å². The lowest BCUT2D eigenvalue weighted by atomic mass is 10.3. The summed E-state index contributed by atoms with van der Waals surface area (Å²) in [5.74, 6) is 0. The summed E-state index contributed by atoms with van der Waals surface area (Å²) in [7, 11) is -3.70. The van der Waals surface area contributed by atoms with Crippen molar-refractivity contribution in [1.29, 1.82) is 0 Å². The zero-order chi connectivity index (χ0) is 13.9. The van der Waals surface area contributed by atoms with Gasteiger partial charge in [0.05, 0.1) is 11.9 Å². The predicted molar refractivity (Wildman–Crippen MR) is 71.9 cm³/mol. The minimum Gasteiger partial charge on any atom is -0.326 e. The number of anilines is 1. The maximum atomic E-state index is 12.1. The molecule has 0 aliphatic carbocycles. The molecule has 19 heavy (non-hydrogen) atoms. The molecule has 0 aromatic carbocycles. The zero-order valence-electron chi connectivity index (χ0n) is 10.4.